The first kappa shape index (κ1) is 21.0. The lowest BCUT2D eigenvalue weighted by molar-refractivity contribution is -0.122. The molecule has 1 unspecified atom stereocenters. The number of unbranched alkanes of at least 4 members (excludes halogenated alkanes) is 2. The second-order valence-electron chi connectivity index (χ2n) is 7.49. The summed E-state index contributed by atoms with van der Waals surface area (Å²) in [6, 6.07) is 0. The number of Topliss-reactive ketones (excluding diaryl/α,β-unsaturated/α-hetero) is 1. The Bertz CT molecular complexity index is 524. The number of hydrogen-bond donors (Lipinski definition) is 0. The number of nitrogens with zero attached hydrogens (tertiary/aromatic N) is 4. The van der Waals surface area contributed by atoms with Crippen LogP contribution in [0.3, 0.4) is 0 Å². The van der Waals surface area contributed by atoms with Gasteiger partial charge < -0.3 is 4.74 Å². The van der Waals surface area contributed by atoms with E-state index in [1.54, 1.807) is 0 Å². The van der Waals surface area contributed by atoms with Crippen LogP contribution in [0.1, 0.15) is 71.4 Å². The number of hydrogen-bond acceptors (Lipinski definition) is 5. The molecule has 0 bridgehead atoms. The van der Waals surface area contributed by atoms with Crippen molar-refractivity contribution in [3.63, 3.8) is 0 Å². The van der Waals surface area contributed by atoms with E-state index in [0.717, 1.165) is 83.4 Å². The van der Waals surface area contributed by atoms with Crippen LogP contribution in [0.25, 0.3) is 0 Å². The van der Waals surface area contributed by atoms with E-state index < -0.39 is 0 Å². The summed E-state index contributed by atoms with van der Waals surface area (Å²) in [7, 11) is 0. The van der Waals surface area contributed by atoms with E-state index in [0.29, 0.717) is 11.9 Å². The molecule has 0 aliphatic carbocycles. The quantitative estimate of drug-likeness (QED) is 0.532. The number of aryl methyl sites for hydroxylation is 1. The van der Waals surface area contributed by atoms with Gasteiger partial charge in [-0.25, -0.2) is 0 Å². The Morgan fingerprint density at radius 3 is 2.73 bits per heavy atom. The second-order valence-corrected chi connectivity index (χ2v) is 7.49. The van der Waals surface area contributed by atoms with Gasteiger partial charge in [-0.1, -0.05) is 25.5 Å². The Morgan fingerprint density at radius 1 is 1.27 bits per heavy atom. The minimum Gasteiger partial charge on any atom is -0.378 e. The molecule has 2 heterocycles. The van der Waals surface area contributed by atoms with Crippen molar-refractivity contribution in [2.45, 2.75) is 84.9 Å². The van der Waals surface area contributed by atoms with Crippen molar-refractivity contribution < 1.29 is 9.53 Å². The molecule has 1 atom stereocenters. The third-order valence-corrected chi connectivity index (χ3v) is 5.38. The molecule has 0 radical (unpaired) electrons. The Kier molecular flexibility index (Phi) is 9.26. The minimum atomic E-state index is 0.214. The maximum atomic E-state index is 11.8. The van der Waals surface area contributed by atoms with Gasteiger partial charge in [-0.05, 0) is 39.0 Å². The molecule has 0 spiro atoms. The average Bonchev–Trinajstić information content (AvgIpc) is 3.09. The Balaban J connectivity index is 1.60. The molecule has 1 aromatic heterocycles. The number of likely N-dealkylation sites (tertiary alicyclic amines) is 1. The van der Waals surface area contributed by atoms with Gasteiger partial charge in [0, 0.05) is 51.3 Å². The Labute approximate surface area is 158 Å². The molecule has 148 valence electrons. The molecular formula is C20H36N4O2. The molecule has 6 heteroatoms. The van der Waals surface area contributed by atoms with Crippen molar-refractivity contribution in [3.8, 4) is 0 Å². The average molecular weight is 365 g/mol. The van der Waals surface area contributed by atoms with Gasteiger partial charge in [0.25, 0.3) is 0 Å². The number of aromatic nitrogens is 3. The zero-order valence-electron chi connectivity index (χ0n) is 16.8. The topological polar surface area (TPSA) is 60.2 Å². The molecule has 0 N–H and O–H groups in total. The maximum absolute atomic E-state index is 11.8. The fourth-order valence-corrected chi connectivity index (χ4v) is 3.44. The van der Waals surface area contributed by atoms with Gasteiger partial charge in [0.05, 0.1) is 11.8 Å². The van der Waals surface area contributed by atoms with Crippen LogP contribution in [0.15, 0.2) is 6.20 Å². The van der Waals surface area contributed by atoms with Crippen LogP contribution < -0.4 is 0 Å². The molecule has 0 amide bonds. The summed E-state index contributed by atoms with van der Waals surface area (Å²) in [5.41, 5.74) is 1.05. The van der Waals surface area contributed by atoms with Crippen molar-refractivity contribution >= 4 is 5.78 Å². The molecule has 0 saturated carbocycles. The van der Waals surface area contributed by atoms with Gasteiger partial charge in [0.15, 0.2) is 0 Å². The van der Waals surface area contributed by atoms with E-state index in [4.69, 9.17) is 4.74 Å². The van der Waals surface area contributed by atoms with Gasteiger partial charge >= 0.3 is 0 Å². The Morgan fingerprint density at radius 2 is 2.04 bits per heavy atom. The first-order valence-electron chi connectivity index (χ1n) is 10.4. The molecule has 1 aromatic rings. The van der Waals surface area contributed by atoms with Crippen LogP contribution in [0.5, 0.6) is 0 Å². The zero-order valence-corrected chi connectivity index (χ0v) is 16.8. The Hall–Kier alpha value is -1.27. The summed E-state index contributed by atoms with van der Waals surface area (Å²) in [5, 5.41) is 8.56. The van der Waals surface area contributed by atoms with Crippen LogP contribution >= 0.6 is 0 Å². The van der Waals surface area contributed by atoms with E-state index in [-0.39, 0.29) is 5.92 Å². The van der Waals surface area contributed by atoms with Crippen LogP contribution in [0, 0.1) is 5.92 Å². The van der Waals surface area contributed by atoms with Gasteiger partial charge in [-0.15, -0.1) is 5.10 Å². The van der Waals surface area contributed by atoms with Crippen molar-refractivity contribution in [2.75, 3.05) is 19.7 Å². The summed E-state index contributed by atoms with van der Waals surface area (Å²) in [6.07, 6.45) is 9.49. The summed E-state index contributed by atoms with van der Waals surface area (Å²) >= 11 is 0. The summed E-state index contributed by atoms with van der Waals surface area (Å²) in [4.78, 5) is 14.3. The van der Waals surface area contributed by atoms with Crippen LogP contribution in [-0.2, 0) is 22.6 Å². The zero-order chi connectivity index (χ0) is 18.8. The lowest BCUT2D eigenvalue weighted by Gasteiger charge is -2.30. The van der Waals surface area contributed by atoms with E-state index in [2.05, 4.69) is 35.3 Å². The fourth-order valence-electron chi connectivity index (χ4n) is 3.44. The van der Waals surface area contributed by atoms with E-state index in [1.165, 1.54) is 0 Å². The molecule has 1 aliphatic heterocycles. The molecule has 2 rings (SSSR count). The number of carbonyl (C=O) groups is 1. The van der Waals surface area contributed by atoms with Gasteiger partial charge in [0.2, 0.25) is 0 Å². The first-order chi connectivity index (χ1) is 12.6. The standard InChI is InChI=1S/C20H36N4O2/c1-4-17(3)20(25)9-7-6-8-12-24-16-18(21-22-24)15-23-13-10-19(11-14-23)26-5-2/h16-17,19H,4-15H2,1-3H3. The van der Waals surface area contributed by atoms with Gasteiger partial charge in [-0.2, -0.15) is 0 Å². The molecule has 1 aliphatic rings. The number of rotatable bonds is 12. The maximum Gasteiger partial charge on any atom is 0.135 e. The summed E-state index contributed by atoms with van der Waals surface area (Å²) in [6.45, 7) is 10.9. The van der Waals surface area contributed by atoms with Gasteiger partial charge in [0.1, 0.15) is 5.78 Å². The molecule has 1 fully saturated rings. The highest BCUT2D eigenvalue weighted by atomic mass is 16.5. The first-order valence-corrected chi connectivity index (χ1v) is 10.4. The monoisotopic (exact) mass is 364 g/mol. The summed E-state index contributed by atoms with van der Waals surface area (Å²) < 4.78 is 7.65. The predicted molar refractivity (Wildman–Crippen MR) is 103 cm³/mol. The highest BCUT2D eigenvalue weighted by molar-refractivity contribution is 5.80. The SMILES string of the molecule is CCOC1CCN(Cc2cn(CCCCCC(=O)C(C)CC)nn2)CC1. The summed E-state index contributed by atoms with van der Waals surface area (Å²) in [5.74, 6) is 0.620. The van der Waals surface area contributed by atoms with Crippen LogP contribution in [0.4, 0.5) is 0 Å². The molecule has 0 aromatic carbocycles. The lowest BCUT2D eigenvalue weighted by atomic mass is 9.99. The molecule has 6 nitrogen and oxygen atoms in total. The highest BCUT2D eigenvalue weighted by Gasteiger charge is 2.20. The number of carbonyl (C=O) groups excluding carboxylic acids is 1. The molecule has 1 saturated heterocycles. The largest absolute Gasteiger partial charge is 0.378 e. The minimum absolute atomic E-state index is 0.214. The molecular weight excluding hydrogens is 328 g/mol. The van der Waals surface area contributed by atoms with Crippen molar-refractivity contribution in [2.24, 2.45) is 5.92 Å². The van der Waals surface area contributed by atoms with E-state index >= 15 is 0 Å². The highest BCUT2D eigenvalue weighted by Crippen LogP contribution is 2.15. The lowest BCUT2D eigenvalue weighted by Crippen LogP contribution is -2.36. The predicted octanol–water partition coefficient (Wildman–Crippen LogP) is 3.45. The molecule has 26 heavy (non-hydrogen) atoms. The van der Waals surface area contributed by atoms with Crippen molar-refractivity contribution in [3.05, 3.63) is 11.9 Å². The second kappa shape index (κ2) is 11.4. The smallest absolute Gasteiger partial charge is 0.135 e. The number of ketones is 1. The van der Waals surface area contributed by atoms with Crippen LogP contribution in [0.2, 0.25) is 0 Å². The number of ether oxygens (including phenoxy) is 1. The van der Waals surface area contributed by atoms with Crippen molar-refractivity contribution in [1.29, 1.82) is 0 Å². The third kappa shape index (κ3) is 7.16. The van der Waals surface area contributed by atoms with Gasteiger partial charge in [-0.3, -0.25) is 14.4 Å². The normalized spacial score (nSPS) is 17.5. The van der Waals surface area contributed by atoms with E-state index in [1.807, 2.05) is 11.6 Å². The number of piperidine rings is 1. The van der Waals surface area contributed by atoms with Crippen molar-refractivity contribution in [1.82, 2.24) is 19.9 Å². The fraction of sp³-hybridized carbons (Fsp3) is 0.850. The third-order valence-electron chi connectivity index (χ3n) is 5.38. The van der Waals surface area contributed by atoms with Crippen LogP contribution in [-0.4, -0.2) is 51.5 Å². The van der Waals surface area contributed by atoms with E-state index in [9.17, 15) is 4.79 Å².